The molecule has 90 valence electrons. The number of ketones is 1. The Balaban J connectivity index is 2.32. The summed E-state index contributed by atoms with van der Waals surface area (Å²) < 4.78 is 13.7. The molecule has 0 atom stereocenters. The van der Waals surface area contributed by atoms with Gasteiger partial charge in [-0.25, -0.2) is 4.39 Å². The van der Waals surface area contributed by atoms with Gasteiger partial charge in [0.05, 0.1) is 6.21 Å². The molecule has 0 spiro atoms. The van der Waals surface area contributed by atoms with E-state index in [1.54, 1.807) is 0 Å². The molecule has 0 bridgehead atoms. The van der Waals surface area contributed by atoms with Crippen LogP contribution >= 0.6 is 0 Å². The molecule has 0 fully saturated rings. The third-order valence-corrected chi connectivity index (χ3v) is 2.70. The first-order valence-corrected chi connectivity index (χ1v) is 5.58. The number of carbonyl (C=O) groups is 1. The lowest BCUT2D eigenvalue weighted by molar-refractivity contribution is 0.107. The molecule has 0 aliphatic heterocycles. The maximum Gasteiger partial charge on any atom is 0.203 e. The van der Waals surface area contributed by atoms with Gasteiger partial charge in [0.25, 0.3) is 0 Å². The quantitative estimate of drug-likeness (QED) is 0.648. The minimum Gasteiger partial charge on any atom is -0.305 e. The average molecular weight is 241 g/mol. The van der Waals surface area contributed by atoms with Crippen molar-refractivity contribution >= 4 is 12.0 Å². The Bertz CT molecular complexity index is 578. The number of halogens is 1. The molecular formula is C15H12FNO. The van der Waals surface area contributed by atoms with Gasteiger partial charge in [0.1, 0.15) is 5.82 Å². The lowest BCUT2D eigenvalue weighted by atomic mass is 10.0. The summed E-state index contributed by atoms with van der Waals surface area (Å²) in [7, 11) is 0. The monoisotopic (exact) mass is 241 g/mol. The number of rotatable bonds is 4. The normalized spacial score (nSPS) is 10.1. The Kier molecular flexibility index (Phi) is 3.63. The van der Waals surface area contributed by atoms with Crippen LogP contribution in [0.4, 0.5) is 4.39 Å². The molecule has 0 amide bonds. The zero-order valence-electron chi connectivity index (χ0n) is 9.69. The van der Waals surface area contributed by atoms with Crippen LogP contribution in [-0.4, -0.2) is 12.0 Å². The maximum atomic E-state index is 13.7. The summed E-state index contributed by atoms with van der Waals surface area (Å²) in [6.07, 6.45) is 1.17. The molecule has 2 rings (SSSR count). The molecule has 3 heteroatoms. The fraction of sp³-hybridized carbons (Fsp3) is 0.0667. The lowest BCUT2D eigenvalue weighted by Crippen LogP contribution is -2.02. The molecule has 0 unspecified atom stereocenters. The molecule has 0 heterocycles. The van der Waals surface area contributed by atoms with Crippen LogP contribution in [0.3, 0.4) is 0 Å². The predicted octanol–water partition coefficient (Wildman–Crippen LogP) is 3.25. The van der Waals surface area contributed by atoms with Crippen LogP contribution < -0.4 is 0 Å². The van der Waals surface area contributed by atoms with Crippen molar-refractivity contribution in [2.24, 2.45) is 0 Å². The second-order valence-corrected chi connectivity index (χ2v) is 3.98. The van der Waals surface area contributed by atoms with Crippen molar-refractivity contribution in [3.8, 4) is 0 Å². The van der Waals surface area contributed by atoms with Crippen molar-refractivity contribution in [1.82, 2.24) is 0 Å². The van der Waals surface area contributed by atoms with Crippen molar-refractivity contribution in [2.75, 3.05) is 0 Å². The highest BCUT2D eigenvalue weighted by Crippen LogP contribution is 2.15. The molecule has 1 N–H and O–H groups in total. The van der Waals surface area contributed by atoms with E-state index in [9.17, 15) is 9.18 Å². The first-order valence-electron chi connectivity index (χ1n) is 5.58. The summed E-state index contributed by atoms with van der Waals surface area (Å²) in [5.41, 5.74) is 1.79. The van der Waals surface area contributed by atoms with E-state index in [0.717, 1.165) is 11.8 Å². The maximum absolute atomic E-state index is 13.7. The predicted molar refractivity (Wildman–Crippen MR) is 68.8 cm³/mol. The average Bonchev–Trinajstić information content (AvgIpc) is 2.41. The van der Waals surface area contributed by atoms with Crippen molar-refractivity contribution in [3.05, 3.63) is 71.0 Å². The van der Waals surface area contributed by atoms with Crippen molar-refractivity contribution in [2.45, 2.75) is 6.42 Å². The molecule has 2 nitrogen and oxygen atoms in total. The van der Waals surface area contributed by atoms with Crippen LogP contribution in [0.5, 0.6) is 0 Å². The summed E-state index contributed by atoms with van der Waals surface area (Å²) in [6.45, 7) is 0. The van der Waals surface area contributed by atoms with Gasteiger partial charge in [0.2, 0.25) is 5.78 Å². The smallest absolute Gasteiger partial charge is 0.203 e. The second-order valence-electron chi connectivity index (χ2n) is 3.98. The largest absolute Gasteiger partial charge is 0.305 e. The summed E-state index contributed by atoms with van der Waals surface area (Å²) in [6, 6.07) is 13.7. The van der Waals surface area contributed by atoms with Crippen LogP contribution in [0.25, 0.3) is 0 Å². The van der Waals surface area contributed by atoms with Gasteiger partial charge in [-0.1, -0.05) is 30.3 Å². The third-order valence-electron chi connectivity index (χ3n) is 2.70. The SMILES string of the molecule is N=CC(=O)c1ccc(F)c(Cc2ccccc2)c1. The van der Waals surface area contributed by atoms with Gasteiger partial charge in [-0.15, -0.1) is 0 Å². The van der Waals surface area contributed by atoms with Gasteiger partial charge in [0, 0.05) is 12.0 Å². The number of Topliss-reactive ketones (excluding diaryl/α,β-unsaturated/α-hetero) is 1. The molecule has 0 aliphatic rings. The van der Waals surface area contributed by atoms with E-state index >= 15 is 0 Å². The molecule has 0 aromatic heterocycles. The summed E-state index contributed by atoms with van der Waals surface area (Å²) >= 11 is 0. The summed E-state index contributed by atoms with van der Waals surface area (Å²) in [4.78, 5) is 11.4. The number of hydrogen-bond acceptors (Lipinski definition) is 2. The van der Waals surface area contributed by atoms with Crippen LogP contribution in [0, 0.1) is 11.2 Å². The van der Waals surface area contributed by atoms with E-state index in [1.807, 2.05) is 30.3 Å². The van der Waals surface area contributed by atoms with E-state index in [4.69, 9.17) is 5.41 Å². The number of benzene rings is 2. The fourth-order valence-corrected chi connectivity index (χ4v) is 1.76. The van der Waals surface area contributed by atoms with E-state index in [0.29, 0.717) is 17.5 Å². The van der Waals surface area contributed by atoms with Crippen LogP contribution in [0.2, 0.25) is 0 Å². The minimum atomic E-state index is -0.413. The third kappa shape index (κ3) is 2.69. The van der Waals surface area contributed by atoms with Crippen LogP contribution in [0.1, 0.15) is 21.5 Å². The van der Waals surface area contributed by atoms with Crippen molar-refractivity contribution < 1.29 is 9.18 Å². The molecule has 0 aliphatic carbocycles. The topological polar surface area (TPSA) is 40.9 Å². The molecule has 0 radical (unpaired) electrons. The molecule has 2 aromatic rings. The highest BCUT2D eigenvalue weighted by molar-refractivity contribution is 6.34. The Morgan fingerprint density at radius 1 is 1.17 bits per heavy atom. The van der Waals surface area contributed by atoms with Crippen molar-refractivity contribution in [1.29, 1.82) is 5.41 Å². The highest BCUT2D eigenvalue weighted by Gasteiger charge is 2.08. The standard InChI is InChI=1S/C15H12FNO/c16-14-7-6-12(15(18)10-17)9-13(14)8-11-4-2-1-3-5-11/h1-7,9-10,17H,8H2. The van der Waals surface area contributed by atoms with E-state index < -0.39 is 5.78 Å². The van der Waals surface area contributed by atoms with Gasteiger partial charge in [-0.3, -0.25) is 4.79 Å². The zero-order valence-corrected chi connectivity index (χ0v) is 9.69. The first-order chi connectivity index (χ1) is 8.70. The highest BCUT2D eigenvalue weighted by atomic mass is 19.1. The fourth-order valence-electron chi connectivity index (χ4n) is 1.76. The first kappa shape index (κ1) is 12.2. The second kappa shape index (κ2) is 5.36. The zero-order chi connectivity index (χ0) is 13.0. The van der Waals surface area contributed by atoms with Gasteiger partial charge in [-0.05, 0) is 29.3 Å². The van der Waals surface area contributed by atoms with Crippen LogP contribution in [0.15, 0.2) is 48.5 Å². The Labute approximate surface area is 105 Å². The van der Waals surface area contributed by atoms with E-state index in [1.165, 1.54) is 18.2 Å². The Morgan fingerprint density at radius 3 is 2.56 bits per heavy atom. The Hall–Kier alpha value is -2.29. The minimum absolute atomic E-state index is 0.333. The molecular weight excluding hydrogens is 229 g/mol. The molecule has 18 heavy (non-hydrogen) atoms. The Morgan fingerprint density at radius 2 is 1.89 bits per heavy atom. The molecule has 0 saturated carbocycles. The van der Waals surface area contributed by atoms with Crippen molar-refractivity contribution in [3.63, 3.8) is 0 Å². The van der Waals surface area contributed by atoms with Gasteiger partial charge in [0.15, 0.2) is 0 Å². The summed E-state index contributed by atoms with van der Waals surface area (Å²) in [5.74, 6) is -0.746. The van der Waals surface area contributed by atoms with Crippen LogP contribution in [-0.2, 0) is 6.42 Å². The lowest BCUT2D eigenvalue weighted by Gasteiger charge is -2.05. The molecule has 2 aromatic carbocycles. The number of carbonyl (C=O) groups excluding carboxylic acids is 1. The van der Waals surface area contributed by atoms with Gasteiger partial charge in [-0.2, -0.15) is 0 Å². The molecule has 0 saturated heterocycles. The van der Waals surface area contributed by atoms with E-state index in [-0.39, 0.29) is 5.82 Å². The number of hydrogen-bond donors (Lipinski definition) is 1. The van der Waals surface area contributed by atoms with Gasteiger partial charge >= 0.3 is 0 Å². The van der Waals surface area contributed by atoms with Gasteiger partial charge < -0.3 is 5.41 Å². The van der Waals surface area contributed by atoms with E-state index in [2.05, 4.69) is 0 Å². The number of nitrogens with one attached hydrogen (secondary N) is 1. The summed E-state index contributed by atoms with van der Waals surface area (Å²) in [5, 5.41) is 6.92.